The molecule has 1 heterocycles. The van der Waals surface area contributed by atoms with Gasteiger partial charge in [0, 0.05) is 5.69 Å². The Morgan fingerprint density at radius 2 is 2.35 bits per heavy atom. The summed E-state index contributed by atoms with van der Waals surface area (Å²) in [5.41, 5.74) is 3.25. The van der Waals surface area contributed by atoms with E-state index in [0.29, 0.717) is 6.54 Å². The van der Waals surface area contributed by atoms with Gasteiger partial charge in [-0.2, -0.15) is 0 Å². The molecule has 0 fully saturated rings. The van der Waals surface area contributed by atoms with Crippen molar-refractivity contribution >= 4 is 11.6 Å². The quantitative estimate of drug-likeness (QED) is 0.671. The molecule has 2 aliphatic rings. The van der Waals surface area contributed by atoms with Crippen LogP contribution >= 0.6 is 0 Å². The van der Waals surface area contributed by atoms with Crippen LogP contribution in [0.2, 0.25) is 0 Å². The summed E-state index contributed by atoms with van der Waals surface area (Å²) in [7, 11) is 0. The number of hydrogen-bond acceptors (Lipinski definition) is 1. The van der Waals surface area contributed by atoms with Gasteiger partial charge in [0.2, 0.25) is 5.91 Å². The van der Waals surface area contributed by atoms with Gasteiger partial charge in [-0.3, -0.25) is 9.69 Å². The van der Waals surface area contributed by atoms with Crippen molar-refractivity contribution in [3.8, 4) is 12.3 Å². The Morgan fingerprint density at radius 1 is 1.53 bits per heavy atom. The molecule has 1 amide bonds. The van der Waals surface area contributed by atoms with Crippen LogP contribution in [0, 0.1) is 12.3 Å². The standard InChI is InChI=1S/C15H15NO/c1-3-10-16-12-8-4-6-11-7-5-9-15(2,13(11)12)14(16)17/h1,4,6,8H,5,7,9-10H2,2H3. The fourth-order valence-electron chi connectivity index (χ4n) is 3.28. The normalized spacial score (nSPS) is 25.6. The number of rotatable bonds is 1. The first-order valence-corrected chi connectivity index (χ1v) is 6.06. The Bertz CT molecular complexity index is 540. The molecule has 1 aliphatic carbocycles. The number of hydrogen-bond donors (Lipinski definition) is 0. The maximum Gasteiger partial charge on any atom is 0.238 e. The smallest absolute Gasteiger partial charge is 0.238 e. The van der Waals surface area contributed by atoms with Crippen molar-refractivity contribution in [3.05, 3.63) is 29.3 Å². The lowest BCUT2D eigenvalue weighted by atomic mass is 9.72. The highest BCUT2D eigenvalue weighted by atomic mass is 16.2. The summed E-state index contributed by atoms with van der Waals surface area (Å²) in [4.78, 5) is 14.3. The summed E-state index contributed by atoms with van der Waals surface area (Å²) in [6.45, 7) is 2.44. The second kappa shape index (κ2) is 3.37. The molecule has 1 unspecified atom stereocenters. The summed E-state index contributed by atoms with van der Waals surface area (Å²) in [5, 5.41) is 0. The zero-order chi connectivity index (χ0) is 12.0. The first-order chi connectivity index (χ1) is 8.18. The van der Waals surface area contributed by atoms with E-state index in [2.05, 4.69) is 18.9 Å². The number of nitrogens with zero attached hydrogens (tertiary/aromatic N) is 1. The fourth-order valence-corrected chi connectivity index (χ4v) is 3.28. The number of carbonyl (C=O) groups is 1. The molecule has 0 aromatic heterocycles. The van der Waals surface area contributed by atoms with Gasteiger partial charge in [0.1, 0.15) is 0 Å². The van der Waals surface area contributed by atoms with E-state index in [1.54, 1.807) is 4.90 Å². The second-order valence-corrected chi connectivity index (χ2v) is 5.09. The Kier molecular flexibility index (Phi) is 2.06. The minimum Gasteiger partial charge on any atom is -0.300 e. The van der Waals surface area contributed by atoms with Crippen LogP contribution in [0.3, 0.4) is 0 Å². The first-order valence-electron chi connectivity index (χ1n) is 6.06. The molecular weight excluding hydrogens is 210 g/mol. The number of benzene rings is 1. The van der Waals surface area contributed by atoms with Crippen LogP contribution in [0.25, 0.3) is 0 Å². The molecule has 0 radical (unpaired) electrons. The van der Waals surface area contributed by atoms with E-state index < -0.39 is 0 Å². The summed E-state index contributed by atoms with van der Waals surface area (Å²) < 4.78 is 0. The molecule has 0 bridgehead atoms. The van der Waals surface area contributed by atoms with Gasteiger partial charge >= 0.3 is 0 Å². The third kappa shape index (κ3) is 1.20. The molecule has 0 spiro atoms. The Labute approximate surface area is 102 Å². The van der Waals surface area contributed by atoms with Crippen molar-refractivity contribution in [3.63, 3.8) is 0 Å². The van der Waals surface area contributed by atoms with Crippen molar-refractivity contribution in [2.75, 3.05) is 11.4 Å². The van der Waals surface area contributed by atoms with Gasteiger partial charge in [0.05, 0.1) is 12.0 Å². The number of terminal acetylenes is 1. The van der Waals surface area contributed by atoms with E-state index in [1.165, 1.54) is 11.1 Å². The molecule has 17 heavy (non-hydrogen) atoms. The lowest BCUT2D eigenvalue weighted by Gasteiger charge is -2.29. The average Bonchev–Trinajstić information content (AvgIpc) is 2.54. The predicted octanol–water partition coefficient (Wildman–Crippen LogP) is 2.26. The highest BCUT2D eigenvalue weighted by Gasteiger charge is 2.49. The fraction of sp³-hybridized carbons (Fsp3) is 0.400. The van der Waals surface area contributed by atoms with E-state index in [9.17, 15) is 4.79 Å². The molecular formula is C15H15NO. The third-order valence-corrected chi connectivity index (χ3v) is 4.06. The molecule has 86 valence electrons. The van der Waals surface area contributed by atoms with Gasteiger partial charge < -0.3 is 0 Å². The van der Waals surface area contributed by atoms with Crippen LogP contribution in [0.15, 0.2) is 18.2 Å². The summed E-state index contributed by atoms with van der Waals surface area (Å²) in [5.74, 6) is 2.77. The van der Waals surface area contributed by atoms with Crippen LogP contribution < -0.4 is 4.90 Å². The molecule has 1 aliphatic heterocycles. The Balaban J connectivity index is 2.25. The zero-order valence-electron chi connectivity index (χ0n) is 9.99. The van der Waals surface area contributed by atoms with Crippen LogP contribution in [0.1, 0.15) is 30.9 Å². The second-order valence-electron chi connectivity index (χ2n) is 5.09. The van der Waals surface area contributed by atoms with E-state index in [0.717, 1.165) is 24.9 Å². The Hall–Kier alpha value is -1.75. The highest BCUT2D eigenvalue weighted by molar-refractivity contribution is 6.08. The van der Waals surface area contributed by atoms with Gasteiger partial charge in [0.15, 0.2) is 0 Å². The summed E-state index contributed by atoms with van der Waals surface area (Å²) in [6.07, 6.45) is 8.47. The molecule has 2 heteroatoms. The average molecular weight is 225 g/mol. The van der Waals surface area contributed by atoms with Crippen molar-refractivity contribution in [1.82, 2.24) is 0 Å². The van der Waals surface area contributed by atoms with Crippen LogP contribution in [-0.4, -0.2) is 12.5 Å². The van der Waals surface area contributed by atoms with Gasteiger partial charge in [0.25, 0.3) is 0 Å². The van der Waals surface area contributed by atoms with Crippen molar-refractivity contribution in [1.29, 1.82) is 0 Å². The Morgan fingerprint density at radius 3 is 3.12 bits per heavy atom. The van der Waals surface area contributed by atoms with Gasteiger partial charge in [-0.25, -0.2) is 0 Å². The van der Waals surface area contributed by atoms with Crippen molar-refractivity contribution < 1.29 is 4.79 Å². The van der Waals surface area contributed by atoms with E-state index in [1.807, 2.05) is 12.1 Å². The van der Waals surface area contributed by atoms with E-state index in [-0.39, 0.29) is 11.3 Å². The van der Waals surface area contributed by atoms with Crippen LogP contribution in [0.5, 0.6) is 0 Å². The molecule has 2 nitrogen and oxygen atoms in total. The lowest BCUT2D eigenvalue weighted by molar-refractivity contribution is -0.122. The maximum atomic E-state index is 12.5. The van der Waals surface area contributed by atoms with Gasteiger partial charge in [-0.1, -0.05) is 18.1 Å². The van der Waals surface area contributed by atoms with Crippen LogP contribution in [-0.2, 0) is 16.6 Å². The highest BCUT2D eigenvalue weighted by Crippen LogP contribution is 2.49. The molecule has 1 atom stereocenters. The van der Waals surface area contributed by atoms with E-state index >= 15 is 0 Å². The van der Waals surface area contributed by atoms with Crippen LogP contribution in [0.4, 0.5) is 5.69 Å². The number of amides is 1. The lowest BCUT2D eigenvalue weighted by Crippen LogP contribution is -2.39. The maximum absolute atomic E-state index is 12.5. The van der Waals surface area contributed by atoms with Gasteiger partial charge in [-0.15, -0.1) is 6.42 Å². The largest absolute Gasteiger partial charge is 0.300 e. The molecule has 3 rings (SSSR count). The SMILES string of the molecule is C#CCN1C(=O)C2(C)CCCc3cccc1c32. The van der Waals surface area contributed by atoms with Crippen molar-refractivity contribution in [2.45, 2.75) is 31.6 Å². The number of aryl methyl sites for hydroxylation is 1. The minimum absolute atomic E-state index is 0.178. The summed E-state index contributed by atoms with van der Waals surface area (Å²) in [6, 6.07) is 6.19. The number of anilines is 1. The van der Waals surface area contributed by atoms with Gasteiger partial charge in [-0.05, 0) is 43.4 Å². The molecule has 0 saturated carbocycles. The topological polar surface area (TPSA) is 20.3 Å². The minimum atomic E-state index is -0.332. The monoisotopic (exact) mass is 225 g/mol. The predicted molar refractivity (Wildman–Crippen MR) is 67.9 cm³/mol. The van der Waals surface area contributed by atoms with E-state index in [4.69, 9.17) is 6.42 Å². The van der Waals surface area contributed by atoms with Crippen molar-refractivity contribution in [2.24, 2.45) is 0 Å². The number of carbonyl (C=O) groups excluding carboxylic acids is 1. The third-order valence-electron chi connectivity index (χ3n) is 4.06. The first kappa shape index (κ1) is 10.4. The molecule has 1 aromatic carbocycles. The molecule has 0 saturated heterocycles. The zero-order valence-corrected chi connectivity index (χ0v) is 9.99. The molecule has 1 aromatic rings. The summed E-state index contributed by atoms with van der Waals surface area (Å²) >= 11 is 0. The molecule has 0 N–H and O–H groups in total.